The number of hydrogen-bond donors (Lipinski definition) is 0. The molecule has 19 heavy (non-hydrogen) atoms. The Hall–Kier alpha value is -1.66. The Morgan fingerprint density at radius 2 is 2.05 bits per heavy atom. The minimum atomic E-state index is 0.0728. The molecule has 2 aromatic rings. The monoisotopic (exact) mass is 274 g/mol. The van der Waals surface area contributed by atoms with Gasteiger partial charge in [-0.15, -0.1) is 6.58 Å². The second kappa shape index (κ2) is 7.70. The summed E-state index contributed by atoms with van der Waals surface area (Å²) in [6.45, 7) is 9.13. The van der Waals surface area contributed by atoms with Crippen LogP contribution in [-0.2, 0) is 0 Å². The Labute approximate surface area is 116 Å². The number of Topliss-reactive ketones (excluding diaryl/α,β-unsaturated/α-hetero) is 1. The van der Waals surface area contributed by atoms with E-state index in [1.165, 1.54) is 0 Å². The van der Waals surface area contributed by atoms with Gasteiger partial charge in [-0.25, -0.2) is 0 Å². The SMILES string of the molecule is C=CCC.CC(=O)c1pcoc1-c1ccccc1C. The van der Waals surface area contributed by atoms with Crippen LogP contribution in [0.2, 0.25) is 0 Å². The third-order valence-electron chi connectivity index (χ3n) is 2.58. The summed E-state index contributed by atoms with van der Waals surface area (Å²) in [5.74, 6) is 2.43. The van der Waals surface area contributed by atoms with Crippen molar-refractivity contribution in [1.82, 2.24) is 0 Å². The van der Waals surface area contributed by atoms with Crippen LogP contribution >= 0.6 is 8.19 Å². The highest BCUT2D eigenvalue weighted by atomic mass is 31.0. The molecule has 1 aromatic heterocycles. The predicted octanol–water partition coefficient (Wildman–Crippen LogP) is 5.62. The lowest BCUT2D eigenvalue weighted by atomic mass is 10.1. The van der Waals surface area contributed by atoms with Crippen molar-refractivity contribution >= 4 is 14.0 Å². The molecular weight excluding hydrogens is 255 g/mol. The van der Waals surface area contributed by atoms with E-state index in [4.69, 9.17) is 4.42 Å². The molecular formula is C16H19O2P. The summed E-state index contributed by atoms with van der Waals surface area (Å²) >= 11 is 0. The predicted molar refractivity (Wildman–Crippen MR) is 81.9 cm³/mol. The lowest BCUT2D eigenvalue weighted by Gasteiger charge is -2.02. The number of benzene rings is 1. The molecule has 0 fully saturated rings. The zero-order chi connectivity index (χ0) is 14.3. The van der Waals surface area contributed by atoms with Crippen molar-refractivity contribution < 1.29 is 9.21 Å². The van der Waals surface area contributed by atoms with E-state index in [9.17, 15) is 4.79 Å². The molecule has 1 heterocycles. The standard InChI is InChI=1S/C12H11O2P.C4H8/c1-8-5-3-4-6-10(8)11-12(9(2)13)15-7-14-11;1-3-4-2/h3-7H,1-2H3;3H,1,4H2,2H3. The molecule has 0 saturated heterocycles. The third kappa shape index (κ3) is 4.18. The molecule has 100 valence electrons. The van der Waals surface area contributed by atoms with Crippen molar-refractivity contribution in [3.63, 3.8) is 0 Å². The summed E-state index contributed by atoms with van der Waals surface area (Å²) in [6.07, 6.45) is 2.96. The third-order valence-corrected chi connectivity index (χ3v) is 3.57. The number of hydrogen-bond acceptors (Lipinski definition) is 2. The van der Waals surface area contributed by atoms with Gasteiger partial charge >= 0.3 is 0 Å². The van der Waals surface area contributed by atoms with Crippen molar-refractivity contribution in [3.05, 3.63) is 53.8 Å². The Morgan fingerprint density at radius 1 is 1.42 bits per heavy atom. The second-order valence-electron chi connectivity index (χ2n) is 4.10. The Bertz CT molecular complexity index is 555. The molecule has 0 N–H and O–H groups in total. The average Bonchev–Trinajstić information content (AvgIpc) is 2.89. The summed E-state index contributed by atoms with van der Waals surface area (Å²) in [4.78, 5) is 11.4. The van der Waals surface area contributed by atoms with E-state index in [1.54, 1.807) is 12.9 Å². The van der Waals surface area contributed by atoms with Gasteiger partial charge in [-0.1, -0.05) is 37.3 Å². The number of allylic oxidation sites excluding steroid dienone is 1. The maximum atomic E-state index is 11.4. The second-order valence-corrected chi connectivity index (χ2v) is 5.01. The van der Waals surface area contributed by atoms with Gasteiger partial charge in [-0.3, -0.25) is 4.79 Å². The number of rotatable bonds is 3. The van der Waals surface area contributed by atoms with Gasteiger partial charge in [0, 0.05) is 5.56 Å². The van der Waals surface area contributed by atoms with Crippen LogP contribution < -0.4 is 0 Å². The fraction of sp³-hybridized carbons (Fsp3) is 0.250. The molecule has 2 nitrogen and oxygen atoms in total. The normalized spacial score (nSPS) is 9.84. The van der Waals surface area contributed by atoms with Gasteiger partial charge in [-0.2, -0.15) is 0 Å². The summed E-state index contributed by atoms with van der Waals surface area (Å²) in [6, 6.07) is 7.91. The minimum absolute atomic E-state index is 0.0728. The molecule has 0 aliphatic rings. The zero-order valence-electron chi connectivity index (χ0n) is 11.6. The van der Waals surface area contributed by atoms with E-state index in [0.717, 1.165) is 31.0 Å². The van der Waals surface area contributed by atoms with Crippen LogP contribution in [-0.4, -0.2) is 5.78 Å². The lowest BCUT2D eigenvalue weighted by Crippen LogP contribution is -1.91. The number of aryl methyl sites for hydroxylation is 1. The largest absolute Gasteiger partial charge is 0.458 e. The first-order valence-electron chi connectivity index (χ1n) is 6.23. The highest BCUT2D eigenvalue weighted by molar-refractivity contribution is 7.31. The van der Waals surface area contributed by atoms with E-state index in [-0.39, 0.29) is 5.78 Å². The van der Waals surface area contributed by atoms with Crippen LogP contribution in [0.5, 0.6) is 0 Å². The first-order valence-corrected chi connectivity index (χ1v) is 7.19. The van der Waals surface area contributed by atoms with Gasteiger partial charge in [0.15, 0.2) is 5.78 Å². The van der Waals surface area contributed by atoms with Crippen LogP contribution in [0.4, 0.5) is 0 Å². The lowest BCUT2D eigenvalue weighted by molar-refractivity contribution is 0.102. The molecule has 2 rings (SSSR count). The fourth-order valence-corrected chi connectivity index (χ4v) is 2.25. The molecule has 0 spiro atoms. The average molecular weight is 274 g/mol. The fourth-order valence-electron chi connectivity index (χ4n) is 1.52. The van der Waals surface area contributed by atoms with Gasteiger partial charge < -0.3 is 4.42 Å². The van der Waals surface area contributed by atoms with Crippen molar-refractivity contribution in [2.75, 3.05) is 0 Å². The maximum Gasteiger partial charge on any atom is 0.168 e. The molecule has 0 aliphatic carbocycles. The molecule has 0 atom stereocenters. The number of carbonyl (C=O) groups is 1. The van der Waals surface area contributed by atoms with Crippen LogP contribution in [0.1, 0.15) is 35.9 Å². The van der Waals surface area contributed by atoms with Crippen LogP contribution in [0, 0.1) is 6.92 Å². The first-order chi connectivity index (χ1) is 9.11. The highest BCUT2D eigenvalue weighted by Crippen LogP contribution is 2.33. The quantitative estimate of drug-likeness (QED) is 0.537. The van der Waals surface area contributed by atoms with Crippen LogP contribution in [0.25, 0.3) is 11.3 Å². The molecule has 0 saturated carbocycles. The topological polar surface area (TPSA) is 30.2 Å². The van der Waals surface area contributed by atoms with E-state index < -0.39 is 0 Å². The van der Waals surface area contributed by atoms with E-state index >= 15 is 0 Å². The maximum absolute atomic E-state index is 11.4. The van der Waals surface area contributed by atoms with Gasteiger partial charge in [0.2, 0.25) is 0 Å². The van der Waals surface area contributed by atoms with E-state index in [2.05, 4.69) is 13.5 Å². The molecule has 0 radical (unpaired) electrons. The van der Waals surface area contributed by atoms with Crippen molar-refractivity contribution in [2.24, 2.45) is 0 Å². The molecule has 0 unspecified atom stereocenters. The van der Waals surface area contributed by atoms with Gasteiger partial charge in [0.05, 0.1) is 5.30 Å². The van der Waals surface area contributed by atoms with Gasteiger partial charge in [0.25, 0.3) is 0 Å². The first kappa shape index (κ1) is 15.4. The van der Waals surface area contributed by atoms with Gasteiger partial charge in [0.1, 0.15) is 11.8 Å². The summed E-state index contributed by atoms with van der Waals surface area (Å²) in [7, 11) is 0.855. The molecule has 1 aromatic carbocycles. The molecule has 3 heteroatoms. The van der Waals surface area contributed by atoms with Crippen molar-refractivity contribution in [2.45, 2.75) is 27.2 Å². The Kier molecular flexibility index (Phi) is 6.24. The Balaban J connectivity index is 0.000000399. The van der Waals surface area contributed by atoms with Crippen molar-refractivity contribution in [3.8, 4) is 11.3 Å². The molecule has 0 amide bonds. The molecule has 0 bridgehead atoms. The van der Waals surface area contributed by atoms with Crippen LogP contribution in [0.3, 0.4) is 0 Å². The summed E-state index contributed by atoms with van der Waals surface area (Å²) in [5.41, 5.74) is 2.13. The van der Waals surface area contributed by atoms with Gasteiger partial charge in [-0.05, 0) is 34.0 Å². The van der Waals surface area contributed by atoms with E-state index in [0.29, 0.717) is 5.76 Å². The molecule has 0 aliphatic heterocycles. The minimum Gasteiger partial charge on any atom is -0.458 e. The van der Waals surface area contributed by atoms with Crippen LogP contribution in [0.15, 0.2) is 47.3 Å². The van der Waals surface area contributed by atoms with Crippen molar-refractivity contribution in [1.29, 1.82) is 0 Å². The number of carbonyl (C=O) groups excluding carboxylic acids is 1. The van der Waals surface area contributed by atoms with E-state index in [1.807, 2.05) is 37.3 Å². The highest BCUT2D eigenvalue weighted by Gasteiger charge is 2.14. The summed E-state index contributed by atoms with van der Waals surface area (Å²) in [5, 5.41) is 0.740. The zero-order valence-corrected chi connectivity index (χ0v) is 12.5. The smallest absolute Gasteiger partial charge is 0.168 e. The Morgan fingerprint density at radius 3 is 2.58 bits per heavy atom. The number of ketones is 1. The summed E-state index contributed by atoms with van der Waals surface area (Å²) < 4.78 is 5.42.